The maximum atomic E-state index is 13.4. The molecule has 8 atom stereocenters. The SMILES string of the molecule is CCOC1CC(c2ccccc2)OC2(CCN(C(=O)c3cc(OC)c4ccccc4n3)CC2)C1.CCOC1CC(c2ccccc2)OC2(CCN(C(=O)c3ccc(C4CCCCC4)nc3)CC2)C1.CCOC1CC(c2ccccc2)OC2(CCN(C(=O)c3cccnc3N(C)C)CC2)C1.CCOc1ncc(Cl)cc1C(=O)N1CCC2(CC1)CC(OCC)CC(c1ccccc1)O2. The molecule has 8 saturated heterocycles. The van der Waals surface area contributed by atoms with Crippen LogP contribution >= 0.6 is 11.6 Å². The van der Waals surface area contributed by atoms with Gasteiger partial charge in [-0.15, -0.1) is 0 Å². The smallest absolute Gasteiger partial charge is 0.272 e. The normalized spacial score (nSPS) is 23.3. The molecular weight excluding hydrogens is 1670 g/mol. The second-order valence-electron chi connectivity index (χ2n) is 36.8. The zero-order valence-corrected chi connectivity index (χ0v) is 78.7. The van der Waals surface area contributed by atoms with E-state index < -0.39 is 0 Å². The second kappa shape index (κ2) is 45.3. The number of likely N-dealkylation sites (tertiary alicyclic amines) is 4. The standard InChI is InChI=1S/C29H38N2O3.C28H32N2O4.C25H31ClN2O4.C25H33N3O3/c1-2-33-25-19-27(23-11-7-4-8-12-23)34-29(20-25)15-17-31(18-16-29)28(32)24-13-14-26(30-21-24)22-9-5-3-6-10-22;1-3-33-21-17-25(20-9-5-4-6-10-20)34-28(19-21)13-15-30(16-14-28)27(31)24-18-26(32-2)22-11-7-8-12-23(22)29-24;1-3-30-20-15-22(18-8-6-5-7-9-18)32-25(16-20)10-12-28(13-11-25)24(29)21-14-19(26)17-27-23(21)31-4-2;1-4-30-20-17-22(19-9-6-5-7-10-19)31-25(18-20)12-15-28(16-13-25)24(29)21-11-8-14-26-23(21)27(2)3/h4,7-8,11-14,21-22,25,27H,2-3,5-6,9-10,15-20H2,1H3;4-12,18,21,25H,3,13-17,19H2,1-2H3;5-9,14,17,20,22H,3-4,10-13,15-16H2,1-2H3;5-11,14,20,22H,4,12-13,15-18H2,1-3H3. The molecule has 0 bridgehead atoms. The lowest BCUT2D eigenvalue weighted by molar-refractivity contribution is -0.191. The maximum Gasteiger partial charge on any atom is 0.272 e. The number of amides is 4. The molecule has 24 heteroatoms. The van der Waals surface area contributed by atoms with Gasteiger partial charge < -0.3 is 71.9 Å². The number of fused-ring (bicyclic) bond motifs is 1. The summed E-state index contributed by atoms with van der Waals surface area (Å²) in [7, 11) is 5.45. The van der Waals surface area contributed by atoms with Crippen LogP contribution in [0.3, 0.4) is 0 Å². The number of carbonyl (C=O) groups excluding carboxylic acids is 4. The minimum absolute atomic E-state index is 0.00504. The van der Waals surface area contributed by atoms with Gasteiger partial charge in [0.15, 0.2) is 0 Å². The van der Waals surface area contributed by atoms with E-state index in [1.165, 1.54) is 60.6 Å². The van der Waals surface area contributed by atoms with Crippen molar-refractivity contribution in [2.24, 2.45) is 0 Å². The Kier molecular flexibility index (Phi) is 33.1. The molecule has 0 N–H and O–H groups in total. The fraction of sp³-hybridized carbons (Fsp3) is 0.514. The van der Waals surface area contributed by atoms with E-state index in [4.69, 9.17) is 59.0 Å². The number of rotatable bonds is 21. The molecule has 9 fully saturated rings. The van der Waals surface area contributed by atoms with Crippen LogP contribution in [0.2, 0.25) is 5.02 Å². The number of piperidine rings is 4. The van der Waals surface area contributed by atoms with Crippen LogP contribution in [0.15, 0.2) is 201 Å². The van der Waals surface area contributed by atoms with Crippen molar-refractivity contribution >= 4 is 52.0 Å². The Hall–Kier alpha value is -9.79. The highest BCUT2D eigenvalue weighted by Gasteiger charge is 2.50. The Labute approximate surface area is 779 Å². The highest BCUT2D eigenvalue weighted by molar-refractivity contribution is 6.30. The Balaban J connectivity index is 0.000000134. The number of nitrogens with zero attached hydrogens (tertiary/aromatic N) is 9. The van der Waals surface area contributed by atoms with Crippen molar-refractivity contribution in [3.8, 4) is 11.6 Å². The lowest BCUT2D eigenvalue weighted by Crippen LogP contribution is -2.52. The molecule has 12 heterocycles. The summed E-state index contributed by atoms with van der Waals surface area (Å²) >= 11 is 6.11. The van der Waals surface area contributed by atoms with E-state index in [1.807, 2.05) is 138 Å². The first-order valence-corrected chi connectivity index (χ1v) is 48.5. The van der Waals surface area contributed by atoms with E-state index >= 15 is 0 Å². The van der Waals surface area contributed by atoms with Gasteiger partial charge in [0, 0.05) is 186 Å². The summed E-state index contributed by atoms with van der Waals surface area (Å²) in [6.07, 6.45) is 25.7. The number of carbonyl (C=O) groups is 4. The molecule has 698 valence electrons. The van der Waals surface area contributed by atoms with Crippen LogP contribution in [0.25, 0.3) is 10.9 Å². The van der Waals surface area contributed by atoms with Crippen molar-refractivity contribution < 1.29 is 66.5 Å². The number of pyridine rings is 4. The van der Waals surface area contributed by atoms with Gasteiger partial charge in [-0.1, -0.05) is 164 Å². The molecule has 131 heavy (non-hydrogen) atoms. The van der Waals surface area contributed by atoms with E-state index in [2.05, 4.69) is 125 Å². The number of benzene rings is 5. The van der Waals surface area contributed by atoms with Gasteiger partial charge in [0.25, 0.3) is 23.6 Å². The largest absolute Gasteiger partial charge is 0.496 e. The number of aromatic nitrogens is 4. The third kappa shape index (κ3) is 24.1. The molecule has 1 saturated carbocycles. The number of hydrogen-bond donors (Lipinski definition) is 0. The summed E-state index contributed by atoms with van der Waals surface area (Å²) in [5, 5.41) is 1.33. The predicted molar refractivity (Wildman–Crippen MR) is 508 cm³/mol. The van der Waals surface area contributed by atoms with E-state index in [-0.39, 0.29) is 94.9 Å². The number of halogens is 1. The zero-order chi connectivity index (χ0) is 91.3. The first-order chi connectivity index (χ1) is 63.8. The molecule has 1 aliphatic carbocycles. The van der Waals surface area contributed by atoms with E-state index in [9.17, 15) is 19.2 Å². The van der Waals surface area contributed by atoms with Crippen LogP contribution in [0.5, 0.6) is 11.6 Å². The number of anilines is 1. The lowest BCUT2D eigenvalue weighted by Gasteiger charge is -2.49. The van der Waals surface area contributed by atoms with Gasteiger partial charge in [-0.2, -0.15) is 0 Å². The van der Waals surface area contributed by atoms with Gasteiger partial charge in [-0.25, -0.2) is 15.0 Å². The van der Waals surface area contributed by atoms with Gasteiger partial charge in [-0.05, 0) is 164 Å². The highest BCUT2D eigenvalue weighted by atomic mass is 35.5. The second-order valence-corrected chi connectivity index (χ2v) is 37.2. The summed E-state index contributed by atoms with van der Waals surface area (Å²) in [5.41, 5.74) is 7.87. The quantitative estimate of drug-likeness (QED) is 0.0651. The van der Waals surface area contributed by atoms with Crippen molar-refractivity contribution in [3.63, 3.8) is 0 Å². The molecule has 4 spiro atoms. The topological polar surface area (TPSA) is 228 Å². The molecular formula is C107H134ClN9O14. The molecule has 23 nitrogen and oxygen atoms in total. The molecule has 8 unspecified atom stereocenters. The van der Waals surface area contributed by atoms with Crippen LogP contribution in [-0.2, 0) is 37.9 Å². The Morgan fingerprint density at radius 3 is 1.21 bits per heavy atom. The van der Waals surface area contributed by atoms with Crippen LogP contribution in [0.4, 0.5) is 5.82 Å². The number of para-hydroxylation sites is 1. The van der Waals surface area contributed by atoms with E-state index in [0.717, 1.165) is 126 Å². The summed E-state index contributed by atoms with van der Waals surface area (Å²) in [6, 6.07) is 60.6. The third-order valence-corrected chi connectivity index (χ3v) is 28.2. The fourth-order valence-electron chi connectivity index (χ4n) is 21.3. The van der Waals surface area contributed by atoms with Crippen molar-refractivity contribution in [2.75, 3.05) is 111 Å². The first kappa shape index (κ1) is 95.8. The van der Waals surface area contributed by atoms with Crippen molar-refractivity contribution in [1.82, 2.24) is 39.5 Å². The molecule has 8 aliphatic heterocycles. The van der Waals surface area contributed by atoms with Crippen LogP contribution in [-0.4, -0.2) is 217 Å². The van der Waals surface area contributed by atoms with Crippen molar-refractivity contribution in [1.29, 1.82) is 0 Å². The van der Waals surface area contributed by atoms with E-state index in [1.54, 1.807) is 31.6 Å². The Morgan fingerprint density at radius 2 is 0.824 bits per heavy atom. The van der Waals surface area contributed by atoms with E-state index in [0.29, 0.717) is 130 Å². The number of ether oxygens (including phenoxy) is 10. The average molecular weight is 1810 g/mol. The molecule has 9 aliphatic rings. The van der Waals surface area contributed by atoms with Crippen LogP contribution in [0.1, 0.15) is 269 Å². The summed E-state index contributed by atoms with van der Waals surface area (Å²) < 4.78 is 62.4. The van der Waals surface area contributed by atoms with Crippen molar-refractivity contribution in [2.45, 2.75) is 247 Å². The minimum atomic E-state index is -0.287. The molecule has 0 radical (unpaired) electrons. The van der Waals surface area contributed by atoms with Crippen LogP contribution < -0.4 is 14.4 Å². The monoisotopic (exact) mass is 1800 g/mol. The Morgan fingerprint density at radius 1 is 0.427 bits per heavy atom. The van der Waals surface area contributed by atoms with Gasteiger partial charge >= 0.3 is 0 Å². The highest BCUT2D eigenvalue weighted by Crippen LogP contribution is 2.50. The zero-order valence-electron chi connectivity index (χ0n) is 77.9. The average Bonchev–Trinajstić information content (AvgIpc) is 0.787. The van der Waals surface area contributed by atoms with Gasteiger partial charge in [0.05, 0.1) is 107 Å². The number of methoxy groups -OCH3 is 1. The summed E-state index contributed by atoms with van der Waals surface area (Å²) in [6.45, 7) is 18.6. The predicted octanol–water partition coefficient (Wildman–Crippen LogP) is 20.4. The Bertz CT molecular complexity index is 5140. The van der Waals surface area contributed by atoms with Gasteiger partial charge in [0.1, 0.15) is 22.8 Å². The fourth-order valence-corrected chi connectivity index (χ4v) is 21.4. The molecule has 5 aromatic carbocycles. The van der Waals surface area contributed by atoms with Gasteiger partial charge in [0.2, 0.25) is 5.88 Å². The minimum Gasteiger partial charge on any atom is -0.496 e. The molecule has 9 aromatic rings. The van der Waals surface area contributed by atoms with Crippen LogP contribution in [0, 0.1) is 0 Å². The molecule has 4 amide bonds. The number of hydrogen-bond acceptors (Lipinski definition) is 19. The molecule has 18 rings (SSSR count). The lowest BCUT2D eigenvalue weighted by atomic mass is 9.80. The third-order valence-electron chi connectivity index (χ3n) is 28.0. The molecule has 4 aromatic heterocycles. The first-order valence-electron chi connectivity index (χ1n) is 48.2. The maximum absolute atomic E-state index is 13.4. The summed E-state index contributed by atoms with van der Waals surface area (Å²) in [4.78, 5) is 80.6. The van der Waals surface area contributed by atoms with Crippen molar-refractivity contribution in [3.05, 3.63) is 256 Å². The van der Waals surface area contributed by atoms with Gasteiger partial charge in [-0.3, -0.25) is 24.2 Å². The summed E-state index contributed by atoms with van der Waals surface area (Å²) in [5.74, 6) is 2.25.